The van der Waals surface area contributed by atoms with Gasteiger partial charge < -0.3 is 38.1 Å². The van der Waals surface area contributed by atoms with E-state index in [1.807, 2.05) is 21.3 Å². The van der Waals surface area contributed by atoms with Gasteiger partial charge >= 0.3 is 0 Å². The third-order valence-corrected chi connectivity index (χ3v) is 18.9. The zero-order valence-corrected chi connectivity index (χ0v) is 47.4. The van der Waals surface area contributed by atoms with Gasteiger partial charge in [0.25, 0.3) is 11.8 Å². The van der Waals surface area contributed by atoms with Crippen LogP contribution in [-0.2, 0) is 33.5 Å². The van der Waals surface area contributed by atoms with Crippen LogP contribution in [0.1, 0.15) is 75.8 Å². The fourth-order valence-corrected chi connectivity index (χ4v) is 13.1. The molecule has 0 saturated carbocycles. The molecule has 2 aliphatic heterocycles. The highest BCUT2D eigenvalue weighted by atomic mass is 32.2. The Bertz CT molecular complexity index is 4820. The van der Waals surface area contributed by atoms with Crippen LogP contribution in [0.4, 0.5) is 15.8 Å². The van der Waals surface area contributed by atoms with Gasteiger partial charge in [0.1, 0.15) is 45.6 Å². The number of aromatic nitrogens is 5. The molecule has 4 aromatic carbocycles. The predicted octanol–water partition coefficient (Wildman–Crippen LogP) is 10.8. The maximum atomic E-state index is 15.1. The van der Waals surface area contributed by atoms with E-state index in [9.17, 15) is 26.4 Å². The lowest BCUT2D eigenvalue weighted by atomic mass is 9.93. The first-order chi connectivity index (χ1) is 39.9. The Morgan fingerprint density at radius 2 is 1.33 bits per heavy atom. The van der Waals surface area contributed by atoms with Gasteiger partial charge in [-0.05, 0) is 109 Å². The van der Waals surface area contributed by atoms with Gasteiger partial charge in [0.05, 0.1) is 69.3 Å². The number of nitrogens with zero attached hydrogens (tertiary/aromatic N) is 7. The standard InChI is InChI=1S/C61H52FN9O10S2/c1-63-60(72)53-40-24-38(46(69(4)83(6,76)77)27-51(40)80-57(53)31-10-7-8-11-31)59-65-28-52-56(67-59)47-22-34-16-14-33(21-44(34)71(47)30-79-52)32-15-17-35(20-32)58-54(61(73)64-2)39-23-37(45(26-50(39)81-58)68(3)82(5,74)75)42-18-19-49-55(66-42)48-25-36-41(62)12-9-13-43(36)70(48)29-78-49/h9-10,12-14,16-19,21-28,32H,7-8,11,15,20,29-30H2,1-6H3,(H,63,72)(H,64,73). The lowest BCUT2D eigenvalue weighted by Gasteiger charge is -2.23. The van der Waals surface area contributed by atoms with Gasteiger partial charge in [-0.15, -0.1) is 0 Å². The number of nitrogens with one attached hydrogen (secondary N) is 2. The highest BCUT2D eigenvalue weighted by molar-refractivity contribution is 7.92. The molecule has 1 atom stereocenters. The number of halogens is 1. The third-order valence-electron chi connectivity index (χ3n) is 16.5. The minimum absolute atomic E-state index is 0.0289. The van der Waals surface area contributed by atoms with E-state index in [1.54, 1.807) is 68.8 Å². The summed E-state index contributed by atoms with van der Waals surface area (Å²) < 4.78 is 99.7. The van der Waals surface area contributed by atoms with Crippen LogP contribution in [0.3, 0.4) is 0 Å². The van der Waals surface area contributed by atoms with Gasteiger partial charge in [-0.3, -0.25) is 18.2 Å². The third kappa shape index (κ3) is 8.27. The number of fused-ring (bicyclic) bond motifs is 12. The zero-order chi connectivity index (χ0) is 57.5. The van der Waals surface area contributed by atoms with Crippen molar-refractivity contribution in [1.29, 1.82) is 0 Å². The van der Waals surface area contributed by atoms with Crippen LogP contribution >= 0.6 is 0 Å². The van der Waals surface area contributed by atoms with Crippen LogP contribution in [0.25, 0.3) is 100 Å². The van der Waals surface area contributed by atoms with Crippen molar-refractivity contribution in [2.24, 2.45) is 0 Å². The summed E-state index contributed by atoms with van der Waals surface area (Å²) in [6.45, 7) is 0.308. The number of amides is 2. The maximum absolute atomic E-state index is 15.1. The summed E-state index contributed by atoms with van der Waals surface area (Å²) in [6, 6.07) is 25.1. The fraction of sp³-hybridized carbons (Fsp3) is 0.230. The van der Waals surface area contributed by atoms with Crippen LogP contribution in [0.15, 0.2) is 112 Å². The number of allylic oxidation sites excluding steroid dienone is 4. The fourth-order valence-electron chi connectivity index (χ4n) is 12.1. The van der Waals surface area contributed by atoms with E-state index in [2.05, 4.69) is 41.0 Å². The molecule has 2 amide bonds. The monoisotopic (exact) mass is 1150 g/mol. The lowest BCUT2D eigenvalue weighted by molar-refractivity contribution is 0.0955. The minimum atomic E-state index is -3.84. The number of rotatable bonds is 11. The van der Waals surface area contributed by atoms with Crippen LogP contribution in [-0.4, -0.2) is 93.4 Å². The van der Waals surface area contributed by atoms with Crippen molar-refractivity contribution in [1.82, 2.24) is 34.7 Å². The number of anilines is 2. The molecule has 0 fully saturated rings. The molecule has 0 spiro atoms. The number of carbonyl (C=O) groups excluding carboxylic acids is 2. The van der Waals surface area contributed by atoms with E-state index in [0.717, 1.165) is 73.7 Å². The van der Waals surface area contributed by atoms with Crippen molar-refractivity contribution in [3.8, 4) is 56.9 Å². The lowest BCUT2D eigenvalue weighted by Crippen LogP contribution is -2.25. The van der Waals surface area contributed by atoms with Crippen molar-refractivity contribution in [2.75, 3.05) is 49.3 Å². The minimum Gasteiger partial charge on any atom is -0.470 e. The van der Waals surface area contributed by atoms with Crippen molar-refractivity contribution in [2.45, 2.75) is 51.5 Å². The van der Waals surface area contributed by atoms with E-state index < -0.39 is 26.0 Å². The van der Waals surface area contributed by atoms with E-state index in [-0.39, 0.29) is 53.9 Å². The zero-order valence-electron chi connectivity index (χ0n) is 45.7. The Labute approximate surface area is 474 Å². The molecule has 1 unspecified atom stereocenters. The molecular formula is C61H52FN9O10S2. The largest absolute Gasteiger partial charge is 0.470 e. The number of furan rings is 2. The van der Waals surface area contributed by atoms with Gasteiger partial charge in [-0.2, -0.15) is 0 Å². The molecule has 19 nitrogen and oxygen atoms in total. The van der Waals surface area contributed by atoms with Gasteiger partial charge in [0, 0.05) is 73.0 Å². The highest BCUT2D eigenvalue weighted by Crippen LogP contribution is 2.48. The predicted molar refractivity (Wildman–Crippen MR) is 315 cm³/mol. The molecule has 8 heterocycles. The first-order valence-electron chi connectivity index (χ1n) is 26.8. The molecular weight excluding hydrogens is 1100 g/mol. The average Bonchev–Trinajstić information content (AvgIpc) is 3.02. The second-order valence-corrected chi connectivity index (χ2v) is 25.4. The van der Waals surface area contributed by atoms with Gasteiger partial charge in [0.15, 0.2) is 25.0 Å². The Hall–Kier alpha value is -9.28. The molecule has 14 rings (SSSR count). The highest BCUT2D eigenvalue weighted by Gasteiger charge is 2.34. The summed E-state index contributed by atoms with van der Waals surface area (Å²) in [5.74, 6) is 0.788. The number of benzene rings is 4. The van der Waals surface area contributed by atoms with Crippen molar-refractivity contribution in [3.05, 3.63) is 137 Å². The number of sulfonamides is 2. The molecule has 0 saturated heterocycles. The second kappa shape index (κ2) is 18.9. The maximum Gasteiger partial charge on any atom is 0.255 e. The molecule has 0 radical (unpaired) electrons. The Morgan fingerprint density at radius 3 is 2.00 bits per heavy atom. The van der Waals surface area contributed by atoms with E-state index in [1.165, 1.54) is 20.2 Å². The molecule has 2 N–H and O–H groups in total. The molecule has 420 valence electrons. The number of pyridine rings is 1. The van der Waals surface area contributed by atoms with Crippen molar-refractivity contribution in [3.63, 3.8) is 0 Å². The van der Waals surface area contributed by atoms with Gasteiger partial charge in [0.2, 0.25) is 20.0 Å². The summed E-state index contributed by atoms with van der Waals surface area (Å²) in [5, 5.41) is 7.82. The quantitative estimate of drug-likeness (QED) is 0.123. The molecule has 10 aromatic rings. The van der Waals surface area contributed by atoms with Crippen LogP contribution in [0.2, 0.25) is 0 Å². The summed E-state index contributed by atoms with van der Waals surface area (Å²) in [4.78, 5) is 42.5. The van der Waals surface area contributed by atoms with E-state index in [4.69, 9.17) is 33.3 Å². The smallest absolute Gasteiger partial charge is 0.255 e. The molecule has 0 bridgehead atoms. The van der Waals surface area contributed by atoms with Crippen molar-refractivity contribution < 1.29 is 49.1 Å². The van der Waals surface area contributed by atoms with E-state index in [0.29, 0.717) is 108 Å². The molecule has 4 aliphatic rings. The number of hydrogen-bond donors (Lipinski definition) is 2. The Kier molecular flexibility index (Phi) is 11.8. The summed E-state index contributed by atoms with van der Waals surface area (Å²) >= 11 is 0. The van der Waals surface area contributed by atoms with Crippen LogP contribution in [0, 0.1) is 5.82 Å². The normalized spacial score (nSPS) is 15.6. The summed E-state index contributed by atoms with van der Waals surface area (Å²) in [6.07, 6.45) is 11.6. The van der Waals surface area contributed by atoms with Gasteiger partial charge in [-0.1, -0.05) is 30.4 Å². The van der Waals surface area contributed by atoms with Crippen LogP contribution < -0.4 is 28.7 Å². The first kappa shape index (κ1) is 51.8. The molecule has 2 aliphatic carbocycles. The number of carbonyl (C=O) groups is 2. The topological polar surface area (TPSA) is 226 Å². The summed E-state index contributed by atoms with van der Waals surface area (Å²) in [7, 11) is -1.64. The number of ether oxygens (including phenoxy) is 2. The van der Waals surface area contributed by atoms with Crippen molar-refractivity contribution >= 4 is 98.1 Å². The van der Waals surface area contributed by atoms with Crippen LogP contribution in [0.5, 0.6) is 11.5 Å². The average molecular weight is 1150 g/mol. The SMILES string of the molecule is CNC(=O)c1c(C2=CCCC2)oc2cc(N(C)S(C)(=O)=O)c(-c3ncc4c(n3)-c3cc5ccc(C6CC=C(c7oc8cc(N(C)S(C)(=O)=O)c(-c9ccc%10c(n9)-c9cc%11c(F)cccc%11n9CO%10)cc8c7C(=O)NC)C6)cc5n3CO4)cc12. The molecule has 6 aromatic heterocycles. The summed E-state index contributed by atoms with van der Waals surface area (Å²) in [5.41, 5.74) is 9.56. The number of hydrogen-bond acceptors (Lipinski definition) is 13. The second-order valence-electron chi connectivity index (χ2n) is 21.4. The molecule has 83 heavy (non-hydrogen) atoms. The van der Waals surface area contributed by atoms with Gasteiger partial charge in [-0.25, -0.2) is 36.2 Å². The molecule has 22 heteroatoms. The first-order valence-corrected chi connectivity index (χ1v) is 30.5. The Morgan fingerprint density at radius 1 is 0.687 bits per heavy atom. The Balaban J connectivity index is 0.815. The van der Waals surface area contributed by atoms with E-state index >= 15 is 4.39 Å².